The van der Waals surface area contributed by atoms with Crippen LogP contribution in [0.2, 0.25) is 0 Å². The maximum Gasteiger partial charge on any atom is 0.311 e. The second kappa shape index (κ2) is 6.36. The van der Waals surface area contributed by atoms with Crippen molar-refractivity contribution in [1.82, 2.24) is 0 Å². The molecular formula is C9H16O6. The Kier molecular flexibility index (Phi) is 5.88. The van der Waals surface area contributed by atoms with Gasteiger partial charge in [0.25, 0.3) is 6.29 Å². The summed E-state index contributed by atoms with van der Waals surface area (Å²) in [6.07, 6.45) is -2.89. The van der Waals surface area contributed by atoms with Gasteiger partial charge in [0.2, 0.25) is 0 Å². The predicted octanol–water partition coefficient (Wildman–Crippen LogP) is -0.572. The van der Waals surface area contributed by atoms with E-state index in [-0.39, 0.29) is 0 Å². The standard InChI is InChI=1S/C9H16O6/c1-5(2)8(13)15-9(7(12)4-10)14-6(3)11/h5,7,9-10,12H,4H2,1-3H3. The predicted molar refractivity (Wildman–Crippen MR) is 49.6 cm³/mol. The van der Waals surface area contributed by atoms with Gasteiger partial charge in [0, 0.05) is 6.92 Å². The van der Waals surface area contributed by atoms with Gasteiger partial charge in [-0.25, -0.2) is 0 Å². The number of esters is 2. The van der Waals surface area contributed by atoms with Gasteiger partial charge in [-0.2, -0.15) is 0 Å². The van der Waals surface area contributed by atoms with Crippen molar-refractivity contribution in [1.29, 1.82) is 0 Å². The summed E-state index contributed by atoms with van der Waals surface area (Å²) < 4.78 is 9.22. The molecule has 0 rings (SSSR count). The van der Waals surface area contributed by atoms with Crippen LogP contribution >= 0.6 is 0 Å². The number of hydrogen-bond acceptors (Lipinski definition) is 6. The molecule has 0 aromatic heterocycles. The summed E-state index contributed by atoms with van der Waals surface area (Å²) in [5, 5.41) is 17.8. The average Bonchev–Trinajstić information content (AvgIpc) is 2.14. The number of aliphatic hydroxyl groups excluding tert-OH is 2. The van der Waals surface area contributed by atoms with Gasteiger partial charge >= 0.3 is 11.9 Å². The molecule has 15 heavy (non-hydrogen) atoms. The Morgan fingerprint density at radius 3 is 2.13 bits per heavy atom. The largest absolute Gasteiger partial charge is 0.422 e. The van der Waals surface area contributed by atoms with Crippen molar-refractivity contribution >= 4 is 11.9 Å². The molecule has 0 spiro atoms. The average molecular weight is 220 g/mol. The molecule has 2 unspecified atom stereocenters. The van der Waals surface area contributed by atoms with Crippen molar-refractivity contribution < 1.29 is 29.3 Å². The number of ether oxygens (including phenoxy) is 2. The monoisotopic (exact) mass is 220 g/mol. The normalized spacial score (nSPS) is 14.5. The van der Waals surface area contributed by atoms with Crippen molar-refractivity contribution in [2.45, 2.75) is 33.2 Å². The van der Waals surface area contributed by atoms with E-state index in [2.05, 4.69) is 9.47 Å². The molecule has 0 radical (unpaired) electrons. The molecule has 0 aliphatic rings. The zero-order chi connectivity index (χ0) is 12.0. The molecule has 0 aliphatic carbocycles. The van der Waals surface area contributed by atoms with Gasteiger partial charge in [0.05, 0.1) is 12.5 Å². The Morgan fingerprint density at radius 2 is 1.80 bits per heavy atom. The highest BCUT2D eigenvalue weighted by Gasteiger charge is 2.26. The van der Waals surface area contributed by atoms with Crippen LogP contribution in [0.4, 0.5) is 0 Å². The highest BCUT2D eigenvalue weighted by atomic mass is 16.7. The lowest BCUT2D eigenvalue weighted by Crippen LogP contribution is -2.38. The third-order valence-electron chi connectivity index (χ3n) is 1.49. The summed E-state index contributed by atoms with van der Waals surface area (Å²) in [6.45, 7) is 3.64. The Bertz CT molecular complexity index is 225. The maximum atomic E-state index is 11.1. The first-order valence-electron chi connectivity index (χ1n) is 4.55. The molecule has 0 fully saturated rings. The van der Waals surface area contributed by atoms with Crippen molar-refractivity contribution in [3.8, 4) is 0 Å². The lowest BCUT2D eigenvalue weighted by molar-refractivity contribution is -0.210. The second-order valence-electron chi connectivity index (χ2n) is 3.32. The van der Waals surface area contributed by atoms with Gasteiger partial charge in [-0.1, -0.05) is 13.8 Å². The molecule has 0 heterocycles. The zero-order valence-electron chi connectivity index (χ0n) is 8.97. The molecule has 0 amide bonds. The number of carbonyl (C=O) groups is 2. The minimum Gasteiger partial charge on any atom is -0.422 e. The van der Waals surface area contributed by atoms with Crippen LogP contribution in [0, 0.1) is 5.92 Å². The van der Waals surface area contributed by atoms with Crippen LogP contribution in [0.3, 0.4) is 0 Å². The van der Waals surface area contributed by atoms with Crippen LogP contribution in [0.1, 0.15) is 20.8 Å². The molecule has 0 saturated heterocycles. The Hall–Kier alpha value is -1.14. The van der Waals surface area contributed by atoms with Gasteiger partial charge in [0.1, 0.15) is 0 Å². The Labute approximate surface area is 87.8 Å². The fourth-order valence-electron chi connectivity index (χ4n) is 0.681. The smallest absolute Gasteiger partial charge is 0.311 e. The minimum atomic E-state index is -1.46. The highest BCUT2D eigenvalue weighted by molar-refractivity contribution is 5.72. The van der Waals surface area contributed by atoms with E-state index in [1.54, 1.807) is 13.8 Å². The van der Waals surface area contributed by atoms with Crippen LogP contribution < -0.4 is 0 Å². The molecule has 88 valence electrons. The molecule has 0 aliphatic heterocycles. The number of aliphatic hydroxyl groups is 2. The van der Waals surface area contributed by atoms with Gasteiger partial charge in [-0.15, -0.1) is 0 Å². The van der Waals surface area contributed by atoms with E-state index in [4.69, 9.17) is 5.11 Å². The first kappa shape index (κ1) is 13.9. The van der Waals surface area contributed by atoms with Crippen molar-refractivity contribution in [3.05, 3.63) is 0 Å². The molecule has 0 aromatic carbocycles. The van der Waals surface area contributed by atoms with Gasteiger partial charge < -0.3 is 19.7 Å². The fraction of sp³-hybridized carbons (Fsp3) is 0.778. The van der Waals surface area contributed by atoms with Crippen LogP contribution in [-0.4, -0.2) is 41.2 Å². The van der Waals surface area contributed by atoms with Crippen molar-refractivity contribution in [2.75, 3.05) is 6.61 Å². The SMILES string of the molecule is CC(=O)OC(OC(=O)C(C)C)C(O)CO. The molecule has 2 atom stereocenters. The number of hydrogen-bond donors (Lipinski definition) is 2. The molecule has 6 heteroatoms. The van der Waals surface area contributed by atoms with Gasteiger partial charge in [-0.3, -0.25) is 9.59 Å². The number of rotatable bonds is 5. The summed E-state index contributed by atoms with van der Waals surface area (Å²) in [5.74, 6) is -1.73. The first-order chi connectivity index (χ1) is 6.88. The third kappa shape index (κ3) is 5.34. The van der Waals surface area contributed by atoms with E-state index < -0.39 is 36.9 Å². The summed E-state index contributed by atoms with van der Waals surface area (Å²) in [6, 6.07) is 0. The molecule has 0 saturated carbocycles. The van der Waals surface area contributed by atoms with Crippen LogP contribution in [0.5, 0.6) is 0 Å². The van der Waals surface area contributed by atoms with E-state index in [9.17, 15) is 14.7 Å². The summed E-state index contributed by atoms with van der Waals surface area (Å²) in [5.41, 5.74) is 0. The fourth-order valence-corrected chi connectivity index (χ4v) is 0.681. The summed E-state index contributed by atoms with van der Waals surface area (Å²) >= 11 is 0. The first-order valence-corrected chi connectivity index (χ1v) is 4.55. The van der Waals surface area contributed by atoms with Gasteiger partial charge in [0.15, 0.2) is 6.10 Å². The lowest BCUT2D eigenvalue weighted by Gasteiger charge is -2.21. The Morgan fingerprint density at radius 1 is 1.27 bits per heavy atom. The van der Waals surface area contributed by atoms with E-state index >= 15 is 0 Å². The van der Waals surface area contributed by atoms with Crippen LogP contribution in [-0.2, 0) is 19.1 Å². The Balaban J connectivity index is 4.36. The van der Waals surface area contributed by atoms with E-state index in [0.29, 0.717) is 0 Å². The molecule has 0 bridgehead atoms. The lowest BCUT2D eigenvalue weighted by atomic mass is 10.2. The maximum absolute atomic E-state index is 11.1. The van der Waals surface area contributed by atoms with Gasteiger partial charge in [-0.05, 0) is 0 Å². The minimum absolute atomic E-state index is 0.408. The highest BCUT2D eigenvalue weighted by Crippen LogP contribution is 2.06. The van der Waals surface area contributed by atoms with Crippen molar-refractivity contribution in [2.24, 2.45) is 5.92 Å². The van der Waals surface area contributed by atoms with Crippen LogP contribution in [0.15, 0.2) is 0 Å². The van der Waals surface area contributed by atoms with Crippen molar-refractivity contribution in [3.63, 3.8) is 0 Å². The summed E-state index contributed by atoms with van der Waals surface area (Å²) in [4.78, 5) is 21.8. The quantitative estimate of drug-likeness (QED) is 0.476. The molecular weight excluding hydrogens is 204 g/mol. The topological polar surface area (TPSA) is 93.1 Å². The third-order valence-corrected chi connectivity index (χ3v) is 1.49. The molecule has 0 aromatic rings. The molecule has 2 N–H and O–H groups in total. The van der Waals surface area contributed by atoms with E-state index in [1.165, 1.54) is 0 Å². The number of carbonyl (C=O) groups excluding carboxylic acids is 2. The second-order valence-corrected chi connectivity index (χ2v) is 3.32. The van der Waals surface area contributed by atoms with E-state index in [1.807, 2.05) is 0 Å². The summed E-state index contributed by atoms with van der Waals surface area (Å²) in [7, 11) is 0. The van der Waals surface area contributed by atoms with E-state index in [0.717, 1.165) is 6.92 Å². The zero-order valence-corrected chi connectivity index (χ0v) is 8.97. The molecule has 6 nitrogen and oxygen atoms in total. The van der Waals surface area contributed by atoms with Crippen LogP contribution in [0.25, 0.3) is 0 Å².